The third-order valence-corrected chi connectivity index (χ3v) is 3.44. The summed E-state index contributed by atoms with van der Waals surface area (Å²) in [5, 5.41) is 2.30. The smallest absolute Gasteiger partial charge is 0.157 e. The minimum Gasteiger partial charge on any atom is -0.463 e. The SMILES string of the molecule is C=CC[C@@H]([NH2+]Cc1ccco1)c1ccc(N(C)C)cc1. The minimum absolute atomic E-state index is 0.383. The minimum atomic E-state index is 0.383. The summed E-state index contributed by atoms with van der Waals surface area (Å²) in [6.45, 7) is 4.71. The van der Waals surface area contributed by atoms with Gasteiger partial charge in [0.15, 0.2) is 5.76 Å². The van der Waals surface area contributed by atoms with Crippen LogP contribution in [0.25, 0.3) is 0 Å². The number of benzene rings is 1. The number of hydrogen-bond donors (Lipinski definition) is 1. The number of hydrogen-bond acceptors (Lipinski definition) is 2. The molecule has 0 amide bonds. The molecule has 3 nitrogen and oxygen atoms in total. The Morgan fingerprint density at radius 1 is 1.25 bits per heavy atom. The van der Waals surface area contributed by atoms with Crippen molar-refractivity contribution >= 4 is 5.69 Å². The molecule has 2 N–H and O–H groups in total. The van der Waals surface area contributed by atoms with Crippen LogP contribution in [0.4, 0.5) is 5.69 Å². The highest BCUT2D eigenvalue weighted by atomic mass is 16.3. The van der Waals surface area contributed by atoms with E-state index < -0.39 is 0 Å². The van der Waals surface area contributed by atoms with Gasteiger partial charge in [0.1, 0.15) is 12.6 Å². The first-order valence-corrected chi connectivity index (χ1v) is 6.94. The summed E-state index contributed by atoms with van der Waals surface area (Å²) in [6, 6.07) is 13.0. The van der Waals surface area contributed by atoms with Gasteiger partial charge < -0.3 is 14.6 Å². The van der Waals surface area contributed by atoms with Crippen LogP contribution in [-0.2, 0) is 6.54 Å². The fraction of sp³-hybridized carbons (Fsp3) is 0.294. The molecule has 1 heterocycles. The van der Waals surface area contributed by atoms with E-state index in [9.17, 15) is 0 Å². The lowest BCUT2D eigenvalue weighted by Crippen LogP contribution is -2.83. The molecule has 0 unspecified atom stereocenters. The average molecular weight is 271 g/mol. The van der Waals surface area contributed by atoms with Gasteiger partial charge in [0, 0.05) is 31.8 Å². The number of nitrogens with two attached hydrogens (primary N) is 1. The second kappa shape index (κ2) is 6.96. The number of nitrogens with zero attached hydrogens (tertiary/aromatic N) is 1. The molecule has 1 atom stereocenters. The van der Waals surface area contributed by atoms with Gasteiger partial charge in [-0.2, -0.15) is 0 Å². The van der Waals surface area contributed by atoms with Gasteiger partial charge in [0.05, 0.1) is 6.26 Å². The summed E-state index contributed by atoms with van der Waals surface area (Å²) in [5.74, 6) is 1.00. The predicted molar refractivity (Wildman–Crippen MR) is 82.7 cm³/mol. The van der Waals surface area contributed by atoms with Gasteiger partial charge >= 0.3 is 0 Å². The van der Waals surface area contributed by atoms with Crippen LogP contribution >= 0.6 is 0 Å². The highest BCUT2D eigenvalue weighted by Crippen LogP contribution is 2.18. The molecular weight excluding hydrogens is 248 g/mol. The molecule has 2 aromatic rings. The largest absolute Gasteiger partial charge is 0.463 e. The highest BCUT2D eigenvalue weighted by molar-refractivity contribution is 5.46. The van der Waals surface area contributed by atoms with Crippen molar-refractivity contribution in [1.82, 2.24) is 0 Å². The predicted octanol–water partition coefficient (Wildman–Crippen LogP) is 2.73. The lowest BCUT2D eigenvalue weighted by Gasteiger charge is -2.16. The molecule has 0 aliphatic carbocycles. The van der Waals surface area contributed by atoms with Gasteiger partial charge in [-0.15, -0.1) is 6.58 Å². The zero-order valence-corrected chi connectivity index (χ0v) is 12.3. The molecule has 0 fully saturated rings. The second-order valence-electron chi connectivity index (χ2n) is 5.14. The van der Waals surface area contributed by atoms with Crippen LogP contribution in [0.1, 0.15) is 23.8 Å². The molecule has 0 aliphatic rings. The van der Waals surface area contributed by atoms with E-state index >= 15 is 0 Å². The monoisotopic (exact) mass is 271 g/mol. The van der Waals surface area contributed by atoms with Crippen molar-refractivity contribution in [3.05, 3.63) is 66.6 Å². The molecule has 0 radical (unpaired) electrons. The number of furan rings is 1. The Bertz CT molecular complexity index is 514. The topological polar surface area (TPSA) is 33.0 Å². The zero-order valence-electron chi connectivity index (χ0n) is 12.3. The molecule has 1 aromatic carbocycles. The fourth-order valence-corrected chi connectivity index (χ4v) is 2.25. The van der Waals surface area contributed by atoms with E-state index in [1.54, 1.807) is 6.26 Å². The van der Waals surface area contributed by atoms with Crippen molar-refractivity contribution in [2.24, 2.45) is 0 Å². The molecule has 1 aromatic heterocycles. The Morgan fingerprint density at radius 2 is 2.00 bits per heavy atom. The van der Waals surface area contributed by atoms with Crippen molar-refractivity contribution < 1.29 is 9.73 Å². The lowest BCUT2D eigenvalue weighted by molar-refractivity contribution is -0.712. The molecule has 2 rings (SSSR count). The summed E-state index contributed by atoms with van der Waals surface area (Å²) in [7, 11) is 4.11. The van der Waals surface area contributed by atoms with Crippen LogP contribution in [0, 0.1) is 0 Å². The molecule has 0 saturated carbocycles. The molecular formula is C17H23N2O+. The van der Waals surface area contributed by atoms with Gasteiger partial charge in [-0.1, -0.05) is 18.2 Å². The molecule has 0 saturated heterocycles. The van der Waals surface area contributed by atoms with Crippen molar-refractivity contribution in [1.29, 1.82) is 0 Å². The molecule has 106 valence electrons. The van der Waals surface area contributed by atoms with Crippen LogP contribution in [0.15, 0.2) is 59.7 Å². The van der Waals surface area contributed by atoms with Crippen LogP contribution in [-0.4, -0.2) is 14.1 Å². The van der Waals surface area contributed by atoms with Crippen molar-refractivity contribution in [2.45, 2.75) is 19.0 Å². The number of anilines is 1. The number of quaternary nitrogens is 1. The van der Waals surface area contributed by atoms with Crippen molar-refractivity contribution in [3.63, 3.8) is 0 Å². The summed E-state index contributed by atoms with van der Waals surface area (Å²) in [5.41, 5.74) is 2.54. The van der Waals surface area contributed by atoms with Crippen molar-refractivity contribution in [2.75, 3.05) is 19.0 Å². The Morgan fingerprint density at radius 3 is 2.55 bits per heavy atom. The van der Waals surface area contributed by atoms with E-state index in [-0.39, 0.29) is 0 Å². The average Bonchev–Trinajstić information content (AvgIpc) is 2.97. The molecule has 3 heteroatoms. The van der Waals surface area contributed by atoms with Gasteiger partial charge in [-0.05, 0) is 24.3 Å². The summed E-state index contributed by atoms with van der Waals surface area (Å²) >= 11 is 0. The van der Waals surface area contributed by atoms with Crippen LogP contribution < -0.4 is 10.2 Å². The highest BCUT2D eigenvalue weighted by Gasteiger charge is 2.14. The van der Waals surface area contributed by atoms with Gasteiger partial charge in [-0.3, -0.25) is 0 Å². The maximum atomic E-state index is 5.38. The summed E-state index contributed by atoms with van der Waals surface area (Å²) in [4.78, 5) is 2.11. The van der Waals surface area contributed by atoms with Crippen molar-refractivity contribution in [3.8, 4) is 0 Å². The summed E-state index contributed by atoms with van der Waals surface area (Å²) < 4.78 is 5.38. The van der Waals surface area contributed by atoms with E-state index in [2.05, 4.69) is 55.2 Å². The van der Waals surface area contributed by atoms with Gasteiger partial charge in [0.25, 0.3) is 0 Å². The third kappa shape index (κ3) is 3.75. The first kappa shape index (κ1) is 14.4. The standard InChI is InChI=1S/C17H22N2O/c1-4-6-17(18-13-16-7-5-12-20-16)14-8-10-15(11-9-14)19(2)3/h4-5,7-12,17-18H,1,6,13H2,2-3H3/p+1/t17-/m1/s1. The Kier molecular flexibility index (Phi) is 5.02. The molecule has 0 aliphatic heterocycles. The van der Waals surface area contributed by atoms with Crippen LogP contribution in [0.2, 0.25) is 0 Å². The molecule has 0 spiro atoms. The van der Waals surface area contributed by atoms with Crippen LogP contribution in [0.5, 0.6) is 0 Å². The third-order valence-electron chi connectivity index (χ3n) is 3.44. The quantitative estimate of drug-likeness (QED) is 0.785. The normalized spacial score (nSPS) is 12.1. The zero-order chi connectivity index (χ0) is 14.4. The lowest BCUT2D eigenvalue weighted by atomic mass is 10.0. The van der Waals surface area contributed by atoms with E-state index in [0.29, 0.717) is 6.04 Å². The van der Waals surface area contributed by atoms with E-state index in [1.807, 2.05) is 18.2 Å². The number of rotatable bonds is 7. The first-order valence-electron chi connectivity index (χ1n) is 6.94. The maximum absolute atomic E-state index is 5.38. The Labute approximate surface area is 120 Å². The van der Waals surface area contributed by atoms with E-state index in [0.717, 1.165) is 18.7 Å². The molecule has 0 bridgehead atoms. The second-order valence-corrected chi connectivity index (χ2v) is 5.14. The molecule has 20 heavy (non-hydrogen) atoms. The fourth-order valence-electron chi connectivity index (χ4n) is 2.25. The maximum Gasteiger partial charge on any atom is 0.157 e. The summed E-state index contributed by atoms with van der Waals surface area (Å²) in [6.07, 6.45) is 4.64. The Hall–Kier alpha value is -2.00. The Balaban J connectivity index is 2.05. The van der Waals surface area contributed by atoms with Gasteiger partial charge in [-0.25, -0.2) is 0 Å². The van der Waals surface area contributed by atoms with E-state index in [4.69, 9.17) is 4.42 Å². The van der Waals surface area contributed by atoms with Crippen LogP contribution in [0.3, 0.4) is 0 Å². The van der Waals surface area contributed by atoms with Gasteiger partial charge in [0.2, 0.25) is 0 Å². The first-order chi connectivity index (χ1) is 9.70. The van der Waals surface area contributed by atoms with E-state index in [1.165, 1.54) is 11.3 Å².